The van der Waals surface area contributed by atoms with Gasteiger partial charge in [-0.3, -0.25) is 0 Å². The highest BCUT2D eigenvalue weighted by atomic mass is 35.5. The zero-order chi connectivity index (χ0) is 16.3. The van der Waals surface area contributed by atoms with Crippen LogP contribution in [-0.2, 0) is 14.3 Å². The van der Waals surface area contributed by atoms with E-state index in [2.05, 4.69) is 5.32 Å². The van der Waals surface area contributed by atoms with E-state index in [4.69, 9.17) is 15.2 Å². The van der Waals surface area contributed by atoms with Gasteiger partial charge in [-0.05, 0) is 53.0 Å². The summed E-state index contributed by atoms with van der Waals surface area (Å²) in [4.78, 5) is 23.8. The minimum absolute atomic E-state index is 0. The third kappa shape index (κ3) is 12.7. The molecule has 0 aromatic carbocycles. The van der Waals surface area contributed by atoms with Crippen LogP contribution in [0.15, 0.2) is 0 Å². The normalized spacial score (nSPS) is 12.0. The Labute approximate surface area is 139 Å². The fourth-order valence-electron chi connectivity index (χ4n) is 1.61. The number of nitrogens with one attached hydrogen (secondary N) is 1. The Balaban J connectivity index is 0. The van der Waals surface area contributed by atoms with Crippen molar-refractivity contribution in [2.75, 3.05) is 13.2 Å². The van der Waals surface area contributed by atoms with Gasteiger partial charge in [0.25, 0.3) is 0 Å². The van der Waals surface area contributed by atoms with Gasteiger partial charge in [-0.15, -0.1) is 12.4 Å². The summed E-state index contributed by atoms with van der Waals surface area (Å²) >= 11 is 0. The van der Waals surface area contributed by atoms with Crippen LogP contribution in [0.5, 0.6) is 0 Å². The maximum Gasteiger partial charge on any atom is 0.407 e. The van der Waals surface area contributed by atoms with Gasteiger partial charge >= 0.3 is 12.1 Å². The number of carbonyl (C=O) groups is 2. The number of hydrogen-bond acceptors (Lipinski definition) is 5. The zero-order valence-electron chi connectivity index (χ0n) is 14.1. The van der Waals surface area contributed by atoms with E-state index in [1.54, 1.807) is 20.8 Å². The molecule has 0 heterocycles. The molecule has 0 aliphatic heterocycles. The molecule has 0 rings (SSSR count). The SMILES string of the molecule is CCCCOC(=O)N[C@H](CCCCN)C(=O)OC(C)(C)C.Cl. The number of alkyl carbamates (subject to hydrolysis) is 1. The van der Waals surface area contributed by atoms with Crippen LogP contribution < -0.4 is 11.1 Å². The molecule has 0 fully saturated rings. The first-order valence-electron chi connectivity index (χ1n) is 7.66. The van der Waals surface area contributed by atoms with E-state index < -0.39 is 23.7 Å². The molecule has 0 aliphatic rings. The summed E-state index contributed by atoms with van der Waals surface area (Å²) in [6, 6.07) is -0.690. The summed E-state index contributed by atoms with van der Waals surface area (Å²) in [7, 11) is 0. The van der Waals surface area contributed by atoms with Crippen LogP contribution in [0.4, 0.5) is 4.79 Å². The summed E-state index contributed by atoms with van der Waals surface area (Å²) in [5.41, 5.74) is 4.86. The lowest BCUT2D eigenvalue weighted by Gasteiger charge is -2.24. The van der Waals surface area contributed by atoms with E-state index in [0.717, 1.165) is 25.7 Å². The first-order valence-corrected chi connectivity index (χ1v) is 7.66. The van der Waals surface area contributed by atoms with E-state index in [9.17, 15) is 9.59 Å². The van der Waals surface area contributed by atoms with Crippen molar-refractivity contribution >= 4 is 24.5 Å². The van der Waals surface area contributed by atoms with Crippen molar-refractivity contribution in [2.24, 2.45) is 5.73 Å². The predicted molar refractivity (Wildman–Crippen MR) is 89.2 cm³/mol. The fraction of sp³-hybridized carbons (Fsp3) is 0.867. The van der Waals surface area contributed by atoms with E-state index in [1.165, 1.54) is 0 Å². The maximum atomic E-state index is 12.1. The Bertz CT molecular complexity index is 319. The van der Waals surface area contributed by atoms with Crippen molar-refractivity contribution < 1.29 is 19.1 Å². The highest BCUT2D eigenvalue weighted by molar-refractivity contribution is 5.85. The molecule has 0 spiro atoms. The number of unbranched alkanes of at least 4 members (excludes halogenated alkanes) is 2. The van der Waals surface area contributed by atoms with Crippen molar-refractivity contribution in [3.63, 3.8) is 0 Å². The molecule has 7 heteroatoms. The molecule has 0 saturated heterocycles. The first kappa shape index (κ1) is 23.3. The first-order chi connectivity index (χ1) is 9.80. The van der Waals surface area contributed by atoms with Crippen LogP contribution in [0.25, 0.3) is 0 Å². The number of carbonyl (C=O) groups excluding carboxylic acids is 2. The van der Waals surface area contributed by atoms with Gasteiger partial charge in [-0.25, -0.2) is 9.59 Å². The molecule has 1 atom stereocenters. The van der Waals surface area contributed by atoms with Gasteiger partial charge in [-0.2, -0.15) is 0 Å². The summed E-state index contributed by atoms with van der Waals surface area (Å²) in [5.74, 6) is -0.438. The second-order valence-corrected chi connectivity index (χ2v) is 6.00. The number of ether oxygens (including phenoxy) is 2. The summed E-state index contributed by atoms with van der Waals surface area (Å²) in [6.45, 7) is 8.30. The van der Waals surface area contributed by atoms with E-state index in [1.807, 2.05) is 6.92 Å². The number of halogens is 1. The van der Waals surface area contributed by atoms with Crippen molar-refractivity contribution in [3.8, 4) is 0 Å². The zero-order valence-corrected chi connectivity index (χ0v) is 15.0. The molecule has 0 aliphatic carbocycles. The van der Waals surface area contributed by atoms with Crippen LogP contribution >= 0.6 is 12.4 Å². The standard InChI is InChI=1S/C15H30N2O4.ClH/c1-5-6-11-20-14(19)17-12(9-7-8-10-16)13(18)21-15(2,3)4;/h12H,5-11,16H2,1-4H3,(H,17,19);1H/t12-;/m1./s1. The molecule has 132 valence electrons. The van der Waals surface area contributed by atoms with E-state index in [-0.39, 0.29) is 12.4 Å². The summed E-state index contributed by atoms with van der Waals surface area (Å²) in [5, 5.41) is 2.58. The highest BCUT2D eigenvalue weighted by Crippen LogP contribution is 2.11. The molecule has 0 aromatic heterocycles. The van der Waals surface area contributed by atoms with Gasteiger partial charge < -0.3 is 20.5 Å². The molecule has 0 aromatic rings. The van der Waals surface area contributed by atoms with Gasteiger partial charge in [0.2, 0.25) is 0 Å². The second-order valence-electron chi connectivity index (χ2n) is 6.00. The summed E-state index contributed by atoms with van der Waals surface area (Å²) < 4.78 is 10.3. The van der Waals surface area contributed by atoms with Crippen LogP contribution in [0.3, 0.4) is 0 Å². The maximum absolute atomic E-state index is 12.1. The van der Waals surface area contributed by atoms with Crippen molar-refractivity contribution in [2.45, 2.75) is 71.4 Å². The number of amides is 1. The van der Waals surface area contributed by atoms with Crippen LogP contribution in [0.1, 0.15) is 59.8 Å². The Morgan fingerprint density at radius 1 is 1.18 bits per heavy atom. The third-order valence-electron chi connectivity index (χ3n) is 2.66. The number of esters is 1. The minimum Gasteiger partial charge on any atom is -0.458 e. The molecule has 0 bridgehead atoms. The topological polar surface area (TPSA) is 90.6 Å². The Morgan fingerprint density at radius 2 is 1.82 bits per heavy atom. The van der Waals surface area contributed by atoms with Crippen molar-refractivity contribution in [3.05, 3.63) is 0 Å². The van der Waals surface area contributed by atoms with Crippen LogP contribution in [-0.4, -0.2) is 36.9 Å². The highest BCUT2D eigenvalue weighted by Gasteiger charge is 2.26. The smallest absolute Gasteiger partial charge is 0.407 e. The average Bonchev–Trinajstić information content (AvgIpc) is 2.36. The van der Waals surface area contributed by atoms with Gasteiger partial charge in [0.15, 0.2) is 0 Å². The molecule has 1 amide bonds. The van der Waals surface area contributed by atoms with Gasteiger partial charge in [0.1, 0.15) is 11.6 Å². The van der Waals surface area contributed by atoms with Crippen molar-refractivity contribution in [1.82, 2.24) is 5.32 Å². The minimum atomic E-state index is -0.690. The van der Waals surface area contributed by atoms with Crippen LogP contribution in [0, 0.1) is 0 Å². The number of hydrogen-bond donors (Lipinski definition) is 2. The molecule has 3 N–H and O–H groups in total. The fourth-order valence-corrected chi connectivity index (χ4v) is 1.61. The molecule has 0 unspecified atom stereocenters. The van der Waals surface area contributed by atoms with Gasteiger partial charge in [0, 0.05) is 0 Å². The Morgan fingerprint density at radius 3 is 2.32 bits per heavy atom. The monoisotopic (exact) mass is 338 g/mol. The lowest BCUT2D eigenvalue weighted by Crippen LogP contribution is -2.44. The Hall–Kier alpha value is -1.01. The second kappa shape index (κ2) is 12.5. The lowest BCUT2D eigenvalue weighted by molar-refractivity contribution is -0.157. The van der Waals surface area contributed by atoms with Gasteiger partial charge in [-0.1, -0.05) is 13.3 Å². The average molecular weight is 339 g/mol. The largest absolute Gasteiger partial charge is 0.458 e. The summed E-state index contributed by atoms with van der Waals surface area (Å²) in [6.07, 6.45) is 3.21. The molecular formula is C15H31ClN2O4. The molecule has 22 heavy (non-hydrogen) atoms. The molecule has 0 saturated carbocycles. The molecule has 6 nitrogen and oxygen atoms in total. The van der Waals surface area contributed by atoms with Crippen LogP contribution in [0.2, 0.25) is 0 Å². The lowest BCUT2D eigenvalue weighted by atomic mass is 10.1. The predicted octanol–water partition coefficient (Wildman–Crippen LogP) is 2.77. The molecular weight excluding hydrogens is 308 g/mol. The third-order valence-corrected chi connectivity index (χ3v) is 2.66. The number of nitrogens with two attached hydrogens (primary N) is 1. The Kier molecular flexibility index (Phi) is 13.2. The van der Waals surface area contributed by atoms with E-state index >= 15 is 0 Å². The number of rotatable bonds is 9. The van der Waals surface area contributed by atoms with Crippen molar-refractivity contribution in [1.29, 1.82) is 0 Å². The van der Waals surface area contributed by atoms with Gasteiger partial charge in [0.05, 0.1) is 6.61 Å². The molecule has 0 radical (unpaired) electrons. The van der Waals surface area contributed by atoms with E-state index in [0.29, 0.717) is 19.6 Å². The quantitative estimate of drug-likeness (QED) is 0.498.